The lowest BCUT2D eigenvalue weighted by Crippen LogP contribution is -2.40. The number of anilines is 1. The molecule has 2 rings (SSSR count). The van der Waals surface area contributed by atoms with Gasteiger partial charge >= 0.3 is 6.09 Å². The molecule has 1 aliphatic rings. The zero-order chi connectivity index (χ0) is 15.8. The average Bonchev–Trinajstić information content (AvgIpc) is 2.34. The molecule has 1 aromatic rings. The number of sulfonamides is 1. The Morgan fingerprint density at radius 1 is 1.33 bits per heavy atom. The third-order valence-electron chi connectivity index (χ3n) is 3.13. The van der Waals surface area contributed by atoms with Crippen molar-refractivity contribution < 1.29 is 17.9 Å². The summed E-state index contributed by atoms with van der Waals surface area (Å²) in [6.07, 6.45) is 0.759. The van der Waals surface area contributed by atoms with E-state index in [9.17, 15) is 13.2 Å². The van der Waals surface area contributed by atoms with Gasteiger partial charge in [0, 0.05) is 6.54 Å². The first-order valence-electron chi connectivity index (χ1n) is 6.75. The molecule has 1 heterocycles. The van der Waals surface area contributed by atoms with Crippen molar-refractivity contribution in [1.82, 2.24) is 0 Å². The third-order valence-corrected chi connectivity index (χ3v) is 4.12. The van der Waals surface area contributed by atoms with Crippen LogP contribution in [0.15, 0.2) is 23.1 Å². The summed E-state index contributed by atoms with van der Waals surface area (Å²) in [6.45, 7) is 5.86. The van der Waals surface area contributed by atoms with Crippen LogP contribution in [-0.2, 0) is 21.2 Å². The molecule has 0 saturated carbocycles. The predicted octanol–water partition coefficient (Wildman–Crippen LogP) is 2.02. The summed E-state index contributed by atoms with van der Waals surface area (Å²) in [5.74, 6) is 0. The van der Waals surface area contributed by atoms with Crippen LogP contribution < -0.4 is 10.0 Å². The van der Waals surface area contributed by atoms with Crippen molar-refractivity contribution in [3.05, 3.63) is 23.8 Å². The Bertz CT molecular complexity index is 662. The van der Waals surface area contributed by atoms with E-state index in [0.717, 1.165) is 0 Å². The van der Waals surface area contributed by atoms with Gasteiger partial charge < -0.3 is 4.74 Å². The maximum absolute atomic E-state index is 12.3. The smallest absolute Gasteiger partial charge is 0.414 e. The summed E-state index contributed by atoms with van der Waals surface area (Å²) >= 11 is 0. The van der Waals surface area contributed by atoms with Gasteiger partial charge in [0.25, 0.3) is 0 Å². The number of hydrogen-bond acceptors (Lipinski definition) is 4. The molecular weight excluding hydrogens is 292 g/mol. The Kier molecular flexibility index (Phi) is 3.99. The standard InChI is InChI=1S/C14H20N2O4S/c1-14(2,3)20-13(17)16-9-5-6-10-11(16)7-4-8-12(10)21(15,18)19/h4,7-8H,5-6,9H2,1-3H3,(H2,15,18,19). The van der Waals surface area contributed by atoms with Gasteiger partial charge in [-0.25, -0.2) is 18.4 Å². The van der Waals surface area contributed by atoms with Crippen molar-refractivity contribution in [1.29, 1.82) is 0 Å². The highest BCUT2D eigenvalue weighted by atomic mass is 32.2. The van der Waals surface area contributed by atoms with E-state index in [1.807, 2.05) is 0 Å². The van der Waals surface area contributed by atoms with Gasteiger partial charge in [0.2, 0.25) is 10.0 Å². The molecule has 116 valence electrons. The molecule has 0 aliphatic carbocycles. The van der Waals surface area contributed by atoms with Gasteiger partial charge in [-0.1, -0.05) is 6.07 Å². The summed E-state index contributed by atoms with van der Waals surface area (Å²) in [4.78, 5) is 13.8. The van der Waals surface area contributed by atoms with Crippen molar-refractivity contribution in [2.75, 3.05) is 11.4 Å². The van der Waals surface area contributed by atoms with Gasteiger partial charge in [0.05, 0.1) is 10.6 Å². The number of nitrogens with two attached hydrogens (primary N) is 1. The zero-order valence-electron chi connectivity index (χ0n) is 12.4. The van der Waals surface area contributed by atoms with Gasteiger partial charge in [-0.05, 0) is 51.3 Å². The quantitative estimate of drug-likeness (QED) is 0.859. The van der Waals surface area contributed by atoms with Gasteiger partial charge in [0.1, 0.15) is 5.60 Å². The van der Waals surface area contributed by atoms with Crippen LogP contribution in [0.3, 0.4) is 0 Å². The normalized spacial score (nSPS) is 15.5. The second kappa shape index (κ2) is 5.31. The van der Waals surface area contributed by atoms with Gasteiger partial charge in [0.15, 0.2) is 0 Å². The third kappa shape index (κ3) is 3.54. The first-order chi connectivity index (χ1) is 9.59. The van der Waals surface area contributed by atoms with E-state index in [1.165, 1.54) is 11.0 Å². The molecule has 21 heavy (non-hydrogen) atoms. The Hall–Kier alpha value is -1.60. The molecule has 1 aromatic carbocycles. The van der Waals surface area contributed by atoms with Crippen LogP contribution in [0, 0.1) is 0 Å². The van der Waals surface area contributed by atoms with Crippen molar-refractivity contribution in [2.45, 2.75) is 44.1 Å². The van der Waals surface area contributed by atoms with Gasteiger partial charge in [-0.15, -0.1) is 0 Å². The molecular formula is C14H20N2O4S. The minimum Gasteiger partial charge on any atom is -0.443 e. The lowest BCUT2D eigenvalue weighted by atomic mass is 10.0. The highest BCUT2D eigenvalue weighted by Gasteiger charge is 2.29. The summed E-state index contributed by atoms with van der Waals surface area (Å²) in [5.41, 5.74) is 0.533. The highest BCUT2D eigenvalue weighted by Crippen LogP contribution is 2.32. The maximum atomic E-state index is 12.3. The number of carbonyl (C=O) groups is 1. The largest absolute Gasteiger partial charge is 0.443 e. The molecule has 0 radical (unpaired) electrons. The molecule has 2 N–H and O–H groups in total. The number of carbonyl (C=O) groups excluding carboxylic acids is 1. The predicted molar refractivity (Wildman–Crippen MR) is 79.7 cm³/mol. The first-order valence-corrected chi connectivity index (χ1v) is 8.29. The van der Waals surface area contributed by atoms with E-state index in [-0.39, 0.29) is 4.90 Å². The zero-order valence-corrected chi connectivity index (χ0v) is 13.2. The molecule has 6 nitrogen and oxygen atoms in total. The van der Waals surface area contributed by atoms with Gasteiger partial charge in [-0.2, -0.15) is 0 Å². The number of fused-ring (bicyclic) bond motifs is 1. The number of primary sulfonamides is 1. The van der Waals surface area contributed by atoms with Crippen LogP contribution in [0.2, 0.25) is 0 Å². The van der Waals surface area contributed by atoms with Gasteiger partial charge in [-0.3, -0.25) is 4.90 Å². The second-order valence-corrected chi connectivity index (χ2v) is 7.56. The Balaban J connectivity index is 2.43. The van der Waals surface area contributed by atoms with E-state index in [0.29, 0.717) is 30.6 Å². The number of rotatable bonds is 1. The molecule has 0 bridgehead atoms. The van der Waals surface area contributed by atoms with Crippen LogP contribution in [0.1, 0.15) is 32.8 Å². The average molecular weight is 312 g/mol. The summed E-state index contributed by atoms with van der Waals surface area (Å²) < 4.78 is 28.7. The molecule has 0 saturated heterocycles. The monoisotopic (exact) mass is 312 g/mol. The number of amides is 1. The molecule has 0 fully saturated rings. The Morgan fingerprint density at radius 3 is 2.57 bits per heavy atom. The van der Waals surface area contributed by atoms with Crippen molar-refractivity contribution >= 4 is 21.8 Å². The van der Waals surface area contributed by atoms with E-state index in [1.54, 1.807) is 32.9 Å². The Morgan fingerprint density at radius 2 is 2.00 bits per heavy atom. The Labute approximate surface area is 124 Å². The summed E-state index contributed by atoms with van der Waals surface area (Å²) in [7, 11) is -3.81. The number of benzene rings is 1. The van der Waals surface area contributed by atoms with Crippen LogP contribution in [0.5, 0.6) is 0 Å². The van der Waals surface area contributed by atoms with E-state index >= 15 is 0 Å². The maximum Gasteiger partial charge on any atom is 0.414 e. The highest BCUT2D eigenvalue weighted by molar-refractivity contribution is 7.89. The van der Waals surface area contributed by atoms with Crippen LogP contribution in [0.25, 0.3) is 0 Å². The van der Waals surface area contributed by atoms with E-state index < -0.39 is 21.7 Å². The molecule has 0 atom stereocenters. The fraction of sp³-hybridized carbons (Fsp3) is 0.500. The molecule has 1 amide bonds. The fourth-order valence-corrected chi connectivity index (χ4v) is 3.18. The molecule has 7 heteroatoms. The van der Waals surface area contributed by atoms with E-state index in [4.69, 9.17) is 9.88 Å². The molecule has 0 unspecified atom stereocenters. The van der Waals surface area contributed by atoms with Crippen molar-refractivity contribution in [2.24, 2.45) is 5.14 Å². The second-order valence-electron chi connectivity index (χ2n) is 6.03. The molecule has 0 aromatic heterocycles. The molecule has 0 spiro atoms. The lowest BCUT2D eigenvalue weighted by molar-refractivity contribution is 0.0577. The number of nitrogens with zero attached hydrogens (tertiary/aromatic N) is 1. The SMILES string of the molecule is CC(C)(C)OC(=O)N1CCCc2c1cccc2S(N)(=O)=O. The van der Waals surface area contributed by atoms with Crippen LogP contribution >= 0.6 is 0 Å². The van der Waals surface area contributed by atoms with Crippen molar-refractivity contribution in [3.8, 4) is 0 Å². The minimum atomic E-state index is -3.81. The minimum absolute atomic E-state index is 0.0771. The number of ether oxygens (including phenoxy) is 1. The fourth-order valence-electron chi connectivity index (χ4n) is 2.37. The van der Waals surface area contributed by atoms with Crippen LogP contribution in [0.4, 0.5) is 10.5 Å². The first kappa shape index (κ1) is 15.8. The topological polar surface area (TPSA) is 89.7 Å². The summed E-state index contributed by atoms with van der Waals surface area (Å²) in [5, 5.41) is 5.24. The van der Waals surface area contributed by atoms with Crippen LogP contribution in [-0.4, -0.2) is 26.7 Å². The molecule has 1 aliphatic heterocycles. The van der Waals surface area contributed by atoms with E-state index in [2.05, 4.69) is 0 Å². The van der Waals surface area contributed by atoms with Crippen molar-refractivity contribution in [3.63, 3.8) is 0 Å². The number of hydrogen-bond donors (Lipinski definition) is 1. The lowest BCUT2D eigenvalue weighted by Gasteiger charge is -2.32. The summed E-state index contributed by atoms with van der Waals surface area (Å²) in [6, 6.07) is 4.76.